The van der Waals surface area contributed by atoms with Crippen molar-refractivity contribution in [1.82, 2.24) is 9.80 Å². The maximum Gasteiger partial charge on any atom is 0.326 e. The van der Waals surface area contributed by atoms with E-state index >= 15 is 0 Å². The summed E-state index contributed by atoms with van der Waals surface area (Å²) in [6.07, 6.45) is 1.23. The van der Waals surface area contributed by atoms with Crippen molar-refractivity contribution in [2.75, 3.05) is 39.5 Å². The highest BCUT2D eigenvalue weighted by Gasteiger charge is 2.36. The molecule has 2 aliphatic heterocycles. The zero-order valence-electron chi connectivity index (χ0n) is 17.7. The van der Waals surface area contributed by atoms with Crippen molar-refractivity contribution >= 4 is 56.8 Å². The number of carbonyl (C=O) groups excluding carboxylic acids is 4. The summed E-state index contributed by atoms with van der Waals surface area (Å²) < 4.78 is 16.5. The summed E-state index contributed by atoms with van der Waals surface area (Å²) >= 11 is 4.17. The predicted molar refractivity (Wildman–Crippen MR) is 121 cm³/mol. The summed E-state index contributed by atoms with van der Waals surface area (Å²) in [6, 6.07) is 5.10. The van der Waals surface area contributed by atoms with Gasteiger partial charge in [-0.05, 0) is 65.3 Å². The molecule has 172 valence electrons. The molecule has 1 aromatic carbocycles. The minimum Gasteiger partial charge on any atom is -0.483 e. The van der Waals surface area contributed by atoms with E-state index in [1.165, 1.54) is 0 Å². The van der Waals surface area contributed by atoms with Crippen LogP contribution in [0.1, 0.15) is 19.4 Å². The fourth-order valence-electron chi connectivity index (χ4n) is 2.98. The molecule has 0 spiro atoms. The van der Waals surface area contributed by atoms with Crippen LogP contribution in [0.2, 0.25) is 0 Å². The van der Waals surface area contributed by atoms with Gasteiger partial charge in [0.15, 0.2) is 6.61 Å². The fraction of sp³-hybridized carbons (Fsp3) is 0.429. The molecular weight excluding hydrogens is 504 g/mol. The number of rotatable bonds is 7. The summed E-state index contributed by atoms with van der Waals surface area (Å²) in [7, 11) is 0. The van der Waals surface area contributed by atoms with Gasteiger partial charge >= 0.3 is 5.97 Å². The highest BCUT2D eigenvalue weighted by molar-refractivity contribution is 9.10. The zero-order chi connectivity index (χ0) is 23.3. The molecule has 0 radical (unpaired) electrons. The molecule has 0 atom stereocenters. The second-order valence-corrected chi connectivity index (χ2v) is 9.13. The van der Waals surface area contributed by atoms with E-state index < -0.39 is 23.7 Å². The minimum absolute atomic E-state index is 0.0939. The number of amides is 3. The van der Waals surface area contributed by atoms with Crippen molar-refractivity contribution in [2.24, 2.45) is 0 Å². The number of benzene rings is 1. The third-order valence-corrected chi connectivity index (χ3v) is 6.02. The first-order valence-corrected chi connectivity index (χ1v) is 11.6. The molecule has 0 saturated carbocycles. The molecule has 2 fully saturated rings. The van der Waals surface area contributed by atoms with Crippen LogP contribution in [-0.4, -0.2) is 78.4 Å². The Labute approximate surface area is 198 Å². The van der Waals surface area contributed by atoms with Crippen LogP contribution in [0.25, 0.3) is 6.08 Å². The Bertz CT molecular complexity index is 944. The maximum absolute atomic E-state index is 12.5. The average molecular weight is 527 g/mol. The molecular formula is C21H23BrN2O7S. The fourth-order valence-corrected chi connectivity index (χ4v) is 4.33. The number of hydrogen-bond donors (Lipinski definition) is 0. The van der Waals surface area contributed by atoms with Gasteiger partial charge in [-0.1, -0.05) is 6.07 Å². The summed E-state index contributed by atoms with van der Waals surface area (Å²) in [5.41, 5.74) is 0.652. The Morgan fingerprint density at radius 3 is 2.62 bits per heavy atom. The maximum atomic E-state index is 12.5. The Kier molecular flexibility index (Phi) is 8.32. The highest BCUT2D eigenvalue weighted by atomic mass is 79.9. The van der Waals surface area contributed by atoms with E-state index in [0.29, 0.717) is 42.1 Å². The minimum atomic E-state index is -0.639. The molecule has 32 heavy (non-hydrogen) atoms. The molecule has 11 heteroatoms. The van der Waals surface area contributed by atoms with E-state index in [1.807, 2.05) is 0 Å². The van der Waals surface area contributed by atoms with E-state index in [4.69, 9.17) is 14.2 Å². The lowest BCUT2D eigenvalue weighted by Gasteiger charge is -2.26. The first-order valence-electron chi connectivity index (χ1n) is 9.97. The Balaban J connectivity index is 1.61. The van der Waals surface area contributed by atoms with Crippen LogP contribution in [0, 0.1) is 0 Å². The van der Waals surface area contributed by atoms with Crippen LogP contribution in [0.15, 0.2) is 27.6 Å². The molecule has 0 aromatic heterocycles. The van der Waals surface area contributed by atoms with Crippen LogP contribution < -0.4 is 4.74 Å². The van der Waals surface area contributed by atoms with Crippen molar-refractivity contribution in [2.45, 2.75) is 20.0 Å². The highest BCUT2D eigenvalue weighted by Crippen LogP contribution is 2.34. The van der Waals surface area contributed by atoms with Crippen LogP contribution in [-0.2, 0) is 23.9 Å². The molecule has 2 aliphatic rings. The second kappa shape index (κ2) is 11.0. The summed E-state index contributed by atoms with van der Waals surface area (Å²) in [6.45, 7) is 5.00. The normalized spacial score (nSPS) is 17.9. The van der Waals surface area contributed by atoms with Gasteiger partial charge in [0.05, 0.1) is 28.7 Å². The summed E-state index contributed by atoms with van der Waals surface area (Å²) in [5, 5.41) is -0.525. The number of imide groups is 1. The largest absolute Gasteiger partial charge is 0.483 e. The average Bonchev–Trinajstić information content (AvgIpc) is 3.00. The molecule has 1 aromatic rings. The Morgan fingerprint density at radius 2 is 1.97 bits per heavy atom. The lowest BCUT2D eigenvalue weighted by molar-refractivity contribution is -0.149. The SMILES string of the molecule is CC(C)OC(=O)CN1C(=O)S/C(=C/c2ccc(OCC(=O)N3CCOCC3)c(Br)c2)C1=O. The van der Waals surface area contributed by atoms with Crippen molar-refractivity contribution in [1.29, 1.82) is 0 Å². The monoisotopic (exact) mass is 526 g/mol. The number of morpholine rings is 1. The summed E-state index contributed by atoms with van der Waals surface area (Å²) in [5.74, 6) is -0.824. The number of hydrogen-bond acceptors (Lipinski definition) is 8. The number of esters is 1. The second-order valence-electron chi connectivity index (χ2n) is 7.28. The van der Waals surface area contributed by atoms with Crippen LogP contribution >= 0.6 is 27.7 Å². The standard InChI is InChI=1S/C21H23BrN2O7S/c1-13(2)31-19(26)11-24-20(27)17(32-21(24)28)10-14-3-4-16(15(22)9-14)30-12-18(25)23-5-7-29-8-6-23/h3-4,9-10,13H,5-8,11-12H2,1-2H3/b17-10+. The molecule has 2 heterocycles. The van der Waals surface area contributed by atoms with E-state index in [1.54, 1.807) is 43.0 Å². The van der Waals surface area contributed by atoms with Crippen LogP contribution in [0.4, 0.5) is 4.79 Å². The van der Waals surface area contributed by atoms with Gasteiger partial charge in [0.25, 0.3) is 17.1 Å². The van der Waals surface area contributed by atoms with Gasteiger partial charge in [-0.25, -0.2) is 0 Å². The predicted octanol–water partition coefficient (Wildman–Crippen LogP) is 2.67. The van der Waals surface area contributed by atoms with E-state index in [2.05, 4.69) is 15.9 Å². The molecule has 0 N–H and O–H groups in total. The van der Waals surface area contributed by atoms with Gasteiger partial charge < -0.3 is 19.1 Å². The number of thioether (sulfide) groups is 1. The summed E-state index contributed by atoms with van der Waals surface area (Å²) in [4.78, 5) is 51.5. The third-order valence-electron chi connectivity index (χ3n) is 4.50. The lowest BCUT2D eigenvalue weighted by Crippen LogP contribution is -2.43. The molecule has 0 aliphatic carbocycles. The van der Waals surface area contributed by atoms with E-state index in [9.17, 15) is 19.2 Å². The third kappa shape index (κ3) is 6.33. The van der Waals surface area contributed by atoms with E-state index in [-0.39, 0.29) is 23.5 Å². The topological polar surface area (TPSA) is 102 Å². The number of nitrogens with zero attached hydrogens (tertiary/aromatic N) is 2. The van der Waals surface area contributed by atoms with Crippen molar-refractivity contribution in [3.05, 3.63) is 33.1 Å². The zero-order valence-corrected chi connectivity index (χ0v) is 20.1. The van der Waals surface area contributed by atoms with Crippen molar-refractivity contribution in [3.8, 4) is 5.75 Å². The van der Waals surface area contributed by atoms with Crippen molar-refractivity contribution < 1.29 is 33.4 Å². The molecule has 2 saturated heterocycles. The molecule has 3 rings (SSSR count). The first kappa shape index (κ1) is 24.3. The molecule has 0 unspecified atom stereocenters. The van der Waals surface area contributed by atoms with Gasteiger partial charge in [-0.3, -0.25) is 24.1 Å². The lowest BCUT2D eigenvalue weighted by atomic mass is 10.2. The van der Waals surface area contributed by atoms with Gasteiger partial charge in [-0.15, -0.1) is 0 Å². The first-order chi connectivity index (χ1) is 15.2. The van der Waals surface area contributed by atoms with Gasteiger partial charge in [0.1, 0.15) is 12.3 Å². The van der Waals surface area contributed by atoms with Crippen LogP contribution in [0.5, 0.6) is 5.75 Å². The molecule has 0 bridgehead atoms. The Hall–Kier alpha value is -2.37. The van der Waals surface area contributed by atoms with Gasteiger partial charge in [0, 0.05) is 13.1 Å². The number of halogens is 1. The molecule has 3 amide bonds. The number of ether oxygens (including phenoxy) is 3. The quantitative estimate of drug-likeness (QED) is 0.394. The van der Waals surface area contributed by atoms with Gasteiger partial charge in [-0.2, -0.15) is 0 Å². The smallest absolute Gasteiger partial charge is 0.326 e. The van der Waals surface area contributed by atoms with E-state index in [0.717, 1.165) is 16.7 Å². The van der Waals surface area contributed by atoms with Crippen molar-refractivity contribution in [3.63, 3.8) is 0 Å². The molecule has 9 nitrogen and oxygen atoms in total. The Morgan fingerprint density at radius 1 is 1.25 bits per heavy atom. The van der Waals surface area contributed by atoms with Crippen LogP contribution in [0.3, 0.4) is 0 Å². The number of carbonyl (C=O) groups is 4. The van der Waals surface area contributed by atoms with Gasteiger partial charge in [0.2, 0.25) is 0 Å².